The van der Waals surface area contributed by atoms with Crippen LogP contribution in [0, 0.1) is 12.7 Å². The fourth-order valence-electron chi connectivity index (χ4n) is 4.38. The quantitative estimate of drug-likeness (QED) is 0.487. The van der Waals surface area contributed by atoms with Gasteiger partial charge in [0, 0.05) is 38.3 Å². The number of rotatable bonds is 5. The smallest absolute Gasteiger partial charge is 0.230 e. The molecule has 1 aliphatic rings. The van der Waals surface area contributed by atoms with Gasteiger partial charge >= 0.3 is 0 Å². The molecule has 166 valence electrons. The van der Waals surface area contributed by atoms with E-state index in [2.05, 4.69) is 51.1 Å². The van der Waals surface area contributed by atoms with Crippen LogP contribution in [0.25, 0.3) is 4.96 Å². The number of aryl methyl sites for hydroxylation is 2. The summed E-state index contributed by atoms with van der Waals surface area (Å²) in [6.07, 6.45) is 0.732. The highest BCUT2D eigenvalue weighted by Crippen LogP contribution is 2.40. The molecule has 0 bridgehead atoms. The number of thiazole rings is 1. The summed E-state index contributed by atoms with van der Waals surface area (Å²) < 4.78 is 14.9. The minimum Gasteiger partial charge on any atom is -0.492 e. The number of benzene rings is 2. The fraction of sp³-hybridized carbons (Fsp3) is 0.333. The molecule has 0 aliphatic carbocycles. The number of hydrogen-bond acceptors (Lipinski definition) is 6. The van der Waals surface area contributed by atoms with Crippen LogP contribution in [-0.2, 0) is 6.42 Å². The minimum atomic E-state index is -0.218. The van der Waals surface area contributed by atoms with Crippen LogP contribution in [0.3, 0.4) is 0 Å². The highest BCUT2D eigenvalue weighted by atomic mass is 32.1. The lowest BCUT2D eigenvalue weighted by Crippen LogP contribution is -2.47. The van der Waals surface area contributed by atoms with Crippen LogP contribution in [-0.4, -0.2) is 50.8 Å². The Morgan fingerprint density at radius 1 is 1.09 bits per heavy atom. The Bertz CT molecular complexity index is 1230. The third kappa shape index (κ3) is 3.84. The SMILES string of the molecule is CCc1nc2sc([C@@H](c3cccc(C)c3)N3CCN(c4ccc(F)cc4)CC3)c(O)n2n1. The number of hydrogen-bond donors (Lipinski definition) is 1. The lowest BCUT2D eigenvalue weighted by molar-refractivity contribution is 0.211. The van der Waals surface area contributed by atoms with E-state index in [0.29, 0.717) is 0 Å². The van der Waals surface area contributed by atoms with Gasteiger partial charge in [-0.2, -0.15) is 4.52 Å². The number of nitrogens with zero attached hydrogens (tertiary/aromatic N) is 5. The molecule has 1 atom stereocenters. The lowest BCUT2D eigenvalue weighted by Gasteiger charge is -2.40. The van der Waals surface area contributed by atoms with E-state index in [1.807, 2.05) is 19.1 Å². The van der Waals surface area contributed by atoms with E-state index in [0.717, 1.165) is 59.5 Å². The third-order valence-electron chi connectivity index (χ3n) is 6.04. The predicted molar refractivity (Wildman–Crippen MR) is 125 cm³/mol. The van der Waals surface area contributed by atoms with Crippen molar-refractivity contribution in [2.45, 2.75) is 26.3 Å². The van der Waals surface area contributed by atoms with Gasteiger partial charge in [0.15, 0.2) is 5.82 Å². The third-order valence-corrected chi connectivity index (χ3v) is 7.11. The van der Waals surface area contributed by atoms with Gasteiger partial charge in [0.1, 0.15) is 5.82 Å². The zero-order chi connectivity index (χ0) is 22.2. The molecule has 1 N–H and O–H groups in total. The van der Waals surface area contributed by atoms with Crippen molar-refractivity contribution in [1.82, 2.24) is 19.5 Å². The summed E-state index contributed by atoms with van der Waals surface area (Å²) in [5.41, 5.74) is 3.37. The fourth-order valence-corrected chi connectivity index (χ4v) is 5.51. The molecular formula is C24H26FN5OS. The van der Waals surface area contributed by atoms with E-state index in [1.165, 1.54) is 29.0 Å². The molecule has 5 rings (SSSR count). The average Bonchev–Trinajstić information content (AvgIpc) is 3.34. The number of aromatic hydroxyl groups is 1. The molecule has 2 aromatic carbocycles. The maximum Gasteiger partial charge on any atom is 0.230 e. The first-order valence-corrected chi connectivity index (χ1v) is 11.7. The zero-order valence-electron chi connectivity index (χ0n) is 18.2. The van der Waals surface area contributed by atoms with Gasteiger partial charge in [-0.1, -0.05) is 48.1 Å². The number of aromatic nitrogens is 3. The molecule has 0 unspecified atom stereocenters. The van der Waals surface area contributed by atoms with Gasteiger partial charge in [-0.15, -0.1) is 5.10 Å². The summed E-state index contributed by atoms with van der Waals surface area (Å²) in [6, 6.07) is 15.1. The zero-order valence-corrected chi connectivity index (χ0v) is 19.0. The van der Waals surface area contributed by atoms with Crippen LogP contribution in [0.2, 0.25) is 0 Å². The number of anilines is 1. The van der Waals surface area contributed by atoms with Crippen LogP contribution in [0.5, 0.6) is 5.88 Å². The van der Waals surface area contributed by atoms with E-state index in [9.17, 15) is 9.50 Å². The minimum absolute atomic E-state index is 0.0798. The Morgan fingerprint density at radius 3 is 2.50 bits per heavy atom. The van der Waals surface area contributed by atoms with Gasteiger partial charge in [-0.25, -0.2) is 9.37 Å². The number of piperazine rings is 1. The van der Waals surface area contributed by atoms with Crippen molar-refractivity contribution in [1.29, 1.82) is 0 Å². The molecule has 2 aromatic heterocycles. The second kappa shape index (κ2) is 8.52. The first-order valence-electron chi connectivity index (χ1n) is 10.9. The molecule has 3 heterocycles. The standard InChI is InChI=1S/C24H26FN5OS/c1-3-20-26-24-30(27-20)23(31)22(32-24)21(17-6-4-5-16(2)15-17)29-13-11-28(12-14-29)19-9-7-18(25)8-10-19/h4-10,15,21,31H,3,11-14H2,1-2H3/t21-/m1/s1. The van der Waals surface area contributed by atoms with E-state index < -0.39 is 0 Å². The second-order valence-corrected chi connectivity index (χ2v) is 9.19. The first kappa shape index (κ1) is 20.9. The topological polar surface area (TPSA) is 56.9 Å². The Balaban J connectivity index is 1.47. The van der Waals surface area contributed by atoms with Gasteiger partial charge in [0.05, 0.1) is 10.9 Å². The maximum absolute atomic E-state index is 13.3. The van der Waals surface area contributed by atoms with E-state index in [1.54, 1.807) is 4.52 Å². The van der Waals surface area contributed by atoms with Crippen LogP contribution < -0.4 is 4.90 Å². The molecule has 0 radical (unpaired) electrons. The molecule has 0 saturated carbocycles. The molecular weight excluding hydrogens is 425 g/mol. The Morgan fingerprint density at radius 2 is 1.84 bits per heavy atom. The second-order valence-electron chi connectivity index (χ2n) is 8.18. The maximum atomic E-state index is 13.3. The summed E-state index contributed by atoms with van der Waals surface area (Å²) in [5.74, 6) is 0.688. The van der Waals surface area contributed by atoms with Crippen molar-refractivity contribution in [3.63, 3.8) is 0 Å². The largest absolute Gasteiger partial charge is 0.492 e. The molecule has 6 nitrogen and oxygen atoms in total. The highest BCUT2D eigenvalue weighted by molar-refractivity contribution is 7.17. The molecule has 0 spiro atoms. The number of halogens is 1. The van der Waals surface area contributed by atoms with Crippen LogP contribution in [0.1, 0.15) is 34.8 Å². The van der Waals surface area contributed by atoms with Gasteiger partial charge in [0.2, 0.25) is 10.8 Å². The molecule has 0 amide bonds. The Hall–Kier alpha value is -2.97. The normalized spacial score (nSPS) is 16.0. The van der Waals surface area contributed by atoms with Crippen LogP contribution >= 0.6 is 11.3 Å². The van der Waals surface area contributed by atoms with Crippen molar-refractivity contribution < 1.29 is 9.50 Å². The molecule has 1 fully saturated rings. The van der Waals surface area contributed by atoms with Crippen LogP contribution in [0.15, 0.2) is 48.5 Å². The first-order chi connectivity index (χ1) is 15.5. The summed E-state index contributed by atoms with van der Waals surface area (Å²) >= 11 is 1.50. The lowest BCUT2D eigenvalue weighted by atomic mass is 10.0. The van der Waals surface area contributed by atoms with E-state index in [4.69, 9.17) is 0 Å². The summed E-state index contributed by atoms with van der Waals surface area (Å²) in [4.78, 5) is 10.8. The Labute approximate surface area is 190 Å². The summed E-state index contributed by atoms with van der Waals surface area (Å²) in [6.45, 7) is 7.40. The van der Waals surface area contributed by atoms with Gasteiger partial charge < -0.3 is 10.0 Å². The van der Waals surface area contributed by atoms with Crippen molar-refractivity contribution in [3.8, 4) is 5.88 Å². The summed E-state index contributed by atoms with van der Waals surface area (Å²) in [7, 11) is 0. The van der Waals surface area contributed by atoms with E-state index in [-0.39, 0.29) is 17.7 Å². The molecule has 4 aromatic rings. The Kier molecular flexibility index (Phi) is 5.57. The molecule has 1 aliphatic heterocycles. The predicted octanol–water partition coefficient (Wildman–Crippen LogP) is 4.42. The number of fused-ring (bicyclic) bond motifs is 1. The van der Waals surface area contributed by atoms with E-state index >= 15 is 0 Å². The van der Waals surface area contributed by atoms with Crippen molar-refractivity contribution in [3.05, 3.63) is 76.2 Å². The average molecular weight is 452 g/mol. The molecule has 32 heavy (non-hydrogen) atoms. The van der Waals surface area contributed by atoms with Gasteiger partial charge in [0.25, 0.3) is 0 Å². The molecule has 1 saturated heterocycles. The van der Waals surface area contributed by atoms with Crippen molar-refractivity contribution >= 4 is 22.0 Å². The van der Waals surface area contributed by atoms with Crippen molar-refractivity contribution in [2.24, 2.45) is 0 Å². The van der Waals surface area contributed by atoms with Crippen molar-refractivity contribution in [2.75, 3.05) is 31.1 Å². The monoisotopic (exact) mass is 451 g/mol. The van der Waals surface area contributed by atoms with Crippen LogP contribution in [0.4, 0.5) is 10.1 Å². The highest BCUT2D eigenvalue weighted by Gasteiger charge is 2.32. The summed E-state index contributed by atoms with van der Waals surface area (Å²) in [5, 5.41) is 15.5. The molecule has 8 heteroatoms. The van der Waals surface area contributed by atoms with Gasteiger partial charge in [-0.05, 0) is 36.8 Å². The van der Waals surface area contributed by atoms with Gasteiger partial charge in [-0.3, -0.25) is 4.90 Å².